The molecule has 6 nitrogen and oxygen atoms in total. The molecule has 1 aromatic carbocycles. The van der Waals surface area contributed by atoms with Crippen molar-refractivity contribution in [3.63, 3.8) is 0 Å². The maximum absolute atomic E-state index is 13.1. The fourth-order valence-electron chi connectivity index (χ4n) is 2.53. The van der Waals surface area contributed by atoms with Crippen LogP contribution in [0.4, 0.5) is 0 Å². The Hall–Kier alpha value is -0.500. The molecule has 0 aliphatic heterocycles. The summed E-state index contributed by atoms with van der Waals surface area (Å²) in [6.45, 7) is 2.47. The van der Waals surface area contributed by atoms with Crippen LogP contribution in [0.25, 0.3) is 0 Å². The Balaban J connectivity index is 2.95. The number of hydrogen-bond acceptors (Lipinski definition) is 6. The summed E-state index contributed by atoms with van der Waals surface area (Å²) in [5.41, 5.74) is 0. The van der Waals surface area contributed by atoms with E-state index < -0.39 is 16.7 Å². The fourth-order valence-corrected chi connectivity index (χ4v) is 4.98. The standard InChI is InChI=1S/C18H32NO5PS2/c1-5-7-9-15-19(16-10-8-6-2)27(20,21)18-13-11-17(12-14-18)24-25(26,22-3)23-4/h11-14H,5-10,15-16H2,1-4H3. The molecule has 0 aromatic heterocycles. The van der Waals surface area contributed by atoms with E-state index in [9.17, 15) is 8.42 Å². The highest BCUT2D eigenvalue weighted by Crippen LogP contribution is 2.48. The van der Waals surface area contributed by atoms with Crippen LogP contribution in [0.5, 0.6) is 5.75 Å². The molecule has 0 heterocycles. The first-order chi connectivity index (χ1) is 12.8. The van der Waals surface area contributed by atoms with Crippen LogP contribution in [-0.4, -0.2) is 40.0 Å². The first kappa shape index (κ1) is 24.5. The van der Waals surface area contributed by atoms with Crippen molar-refractivity contribution in [3.05, 3.63) is 24.3 Å². The second kappa shape index (κ2) is 12.1. The largest absolute Gasteiger partial charge is 0.424 e. The molecule has 0 N–H and O–H groups in total. The van der Waals surface area contributed by atoms with E-state index >= 15 is 0 Å². The van der Waals surface area contributed by atoms with Crippen molar-refractivity contribution >= 4 is 28.5 Å². The number of sulfonamides is 1. The van der Waals surface area contributed by atoms with Crippen molar-refractivity contribution in [1.82, 2.24) is 4.31 Å². The van der Waals surface area contributed by atoms with E-state index in [0.29, 0.717) is 18.8 Å². The lowest BCUT2D eigenvalue weighted by Crippen LogP contribution is -2.33. The van der Waals surface area contributed by atoms with Crippen LogP contribution < -0.4 is 4.52 Å². The van der Waals surface area contributed by atoms with Crippen LogP contribution in [0.2, 0.25) is 0 Å². The minimum atomic E-state index is -3.54. The van der Waals surface area contributed by atoms with Crippen LogP contribution in [0.15, 0.2) is 29.2 Å². The first-order valence-electron chi connectivity index (χ1n) is 9.34. The van der Waals surface area contributed by atoms with Crippen molar-refractivity contribution in [2.45, 2.75) is 57.3 Å². The second-order valence-corrected chi connectivity index (χ2v) is 11.3. The maximum atomic E-state index is 13.1. The van der Waals surface area contributed by atoms with E-state index in [1.807, 2.05) is 0 Å². The van der Waals surface area contributed by atoms with Gasteiger partial charge >= 0.3 is 6.72 Å². The average Bonchev–Trinajstić information content (AvgIpc) is 2.67. The van der Waals surface area contributed by atoms with Gasteiger partial charge in [0.1, 0.15) is 5.75 Å². The number of unbranched alkanes of at least 4 members (excludes halogenated alkanes) is 4. The molecule has 0 saturated carbocycles. The predicted molar refractivity (Wildman–Crippen MR) is 113 cm³/mol. The molecule has 0 radical (unpaired) electrons. The van der Waals surface area contributed by atoms with E-state index in [4.69, 9.17) is 25.4 Å². The summed E-state index contributed by atoms with van der Waals surface area (Å²) in [6, 6.07) is 6.26. The van der Waals surface area contributed by atoms with Gasteiger partial charge in [-0.1, -0.05) is 39.5 Å². The van der Waals surface area contributed by atoms with Crippen LogP contribution in [0, 0.1) is 0 Å². The Kier molecular flexibility index (Phi) is 11.0. The summed E-state index contributed by atoms with van der Waals surface area (Å²) >= 11 is 5.17. The van der Waals surface area contributed by atoms with Crippen molar-refractivity contribution in [2.75, 3.05) is 27.3 Å². The molecule has 156 valence electrons. The van der Waals surface area contributed by atoms with E-state index in [-0.39, 0.29) is 4.90 Å². The van der Waals surface area contributed by atoms with Crippen LogP contribution in [0.1, 0.15) is 52.4 Å². The molecule has 1 aromatic rings. The smallest absolute Gasteiger partial charge is 0.380 e. The van der Waals surface area contributed by atoms with Gasteiger partial charge in [-0.3, -0.25) is 0 Å². The van der Waals surface area contributed by atoms with Crippen LogP contribution in [0.3, 0.4) is 0 Å². The van der Waals surface area contributed by atoms with Gasteiger partial charge in [0.05, 0.1) is 4.90 Å². The van der Waals surface area contributed by atoms with Gasteiger partial charge in [-0.15, -0.1) is 0 Å². The Morgan fingerprint density at radius 2 is 1.41 bits per heavy atom. The summed E-state index contributed by atoms with van der Waals surface area (Å²) in [4.78, 5) is 0.256. The van der Waals surface area contributed by atoms with E-state index in [0.717, 1.165) is 38.5 Å². The number of rotatable bonds is 14. The zero-order valence-electron chi connectivity index (χ0n) is 16.7. The van der Waals surface area contributed by atoms with Gasteiger partial charge in [0.25, 0.3) is 0 Å². The van der Waals surface area contributed by atoms with Crippen molar-refractivity contribution < 1.29 is 22.0 Å². The Labute approximate surface area is 169 Å². The summed E-state index contributed by atoms with van der Waals surface area (Å²) in [6.07, 6.45) is 5.89. The molecule has 0 atom stereocenters. The summed E-state index contributed by atoms with van der Waals surface area (Å²) in [7, 11) is -0.687. The van der Waals surface area contributed by atoms with Gasteiger partial charge in [-0.2, -0.15) is 4.31 Å². The lowest BCUT2D eigenvalue weighted by molar-refractivity contribution is 0.273. The topological polar surface area (TPSA) is 65.1 Å². The SMILES string of the molecule is CCCCCN(CCCCC)S(=O)(=O)c1ccc(OP(=S)(OC)OC)cc1. The summed E-state index contributed by atoms with van der Waals surface area (Å²) in [5.74, 6) is 0.421. The third-order valence-corrected chi connectivity index (χ3v) is 8.51. The number of hydrogen-bond donors (Lipinski definition) is 0. The molecule has 1 rings (SSSR count). The Bertz CT molecular complexity index is 676. The number of benzene rings is 1. The molecular formula is C18H32NO5PS2. The van der Waals surface area contributed by atoms with E-state index in [1.165, 1.54) is 14.2 Å². The molecule has 0 bridgehead atoms. The molecule has 0 spiro atoms. The molecule has 0 amide bonds. The van der Waals surface area contributed by atoms with E-state index in [1.54, 1.807) is 28.6 Å². The first-order valence-corrected chi connectivity index (χ1v) is 13.3. The lowest BCUT2D eigenvalue weighted by atomic mass is 10.2. The molecule has 9 heteroatoms. The average molecular weight is 438 g/mol. The second-order valence-electron chi connectivity index (χ2n) is 6.19. The quantitative estimate of drug-likeness (QED) is 0.303. The number of nitrogens with zero attached hydrogens (tertiary/aromatic N) is 1. The molecule has 0 unspecified atom stereocenters. The lowest BCUT2D eigenvalue weighted by Gasteiger charge is -2.23. The van der Waals surface area contributed by atoms with Gasteiger partial charge in [-0.05, 0) is 37.1 Å². The highest BCUT2D eigenvalue weighted by molar-refractivity contribution is 8.07. The van der Waals surface area contributed by atoms with Crippen LogP contribution >= 0.6 is 6.72 Å². The fraction of sp³-hybridized carbons (Fsp3) is 0.667. The molecule has 27 heavy (non-hydrogen) atoms. The van der Waals surface area contributed by atoms with Gasteiger partial charge in [0.2, 0.25) is 10.0 Å². The Morgan fingerprint density at radius 1 is 0.926 bits per heavy atom. The maximum Gasteiger partial charge on any atom is 0.380 e. The van der Waals surface area contributed by atoms with Crippen molar-refractivity contribution in [1.29, 1.82) is 0 Å². The van der Waals surface area contributed by atoms with Gasteiger partial charge in [0.15, 0.2) is 0 Å². The minimum Gasteiger partial charge on any atom is -0.424 e. The van der Waals surface area contributed by atoms with Crippen molar-refractivity contribution in [2.24, 2.45) is 0 Å². The predicted octanol–water partition coefficient (Wildman–Crippen LogP) is 4.95. The molecule has 0 aliphatic carbocycles. The zero-order chi connectivity index (χ0) is 20.3. The molecule has 0 saturated heterocycles. The summed E-state index contributed by atoms with van der Waals surface area (Å²) in [5, 5.41) is 0. The van der Waals surface area contributed by atoms with Crippen LogP contribution in [-0.2, 0) is 30.9 Å². The molecule has 0 aliphatic rings. The third-order valence-electron chi connectivity index (χ3n) is 4.15. The van der Waals surface area contributed by atoms with Crippen molar-refractivity contribution in [3.8, 4) is 5.75 Å². The molecular weight excluding hydrogens is 405 g/mol. The molecule has 0 fully saturated rings. The van der Waals surface area contributed by atoms with Gasteiger partial charge in [0, 0.05) is 39.1 Å². The third kappa shape index (κ3) is 7.80. The minimum absolute atomic E-state index is 0.256. The Morgan fingerprint density at radius 3 is 1.81 bits per heavy atom. The summed E-state index contributed by atoms with van der Waals surface area (Å²) < 4.78 is 43.4. The van der Waals surface area contributed by atoms with Gasteiger partial charge in [-0.25, -0.2) is 8.42 Å². The highest BCUT2D eigenvalue weighted by atomic mass is 32.5. The zero-order valence-corrected chi connectivity index (χ0v) is 19.2. The normalized spacial score (nSPS) is 12.5. The van der Waals surface area contributed by atoms with E-state index in [2.05, 4.69) is 13.8 Å². The van der Waals surface area contributed by atoms with Gasteiger partial charge < -0.3 is 13.6 Å². The highest BCUT2D eigenvalue weighted by Gasteiger charge is 2.24. The monoisotopic (exact) mass is 437 g/mol.